The Kier molecular flexibility index (Phi) is 4.10. The molecule has 0 saturated carbocycles. The molecule has 4 nitrogen and oxygen atoms in total. The fourth-order valence-electron chi connectivity index (χ4n) is 2.72. The van der Waals surface area contributed by atoms with Gasteiger partial charge in [0.2, 0.25) is 5.91 Å². The average Bonchev–Trinajstić information content (AvgIpc) is 2.80. The van der Waals surface area contributed by atoms with Gasteiger partial charge in [-0.3, -0.25) is 4.79 Å². The van der Waals surface area contributed by atoms with E-state index in [2.05, 4.69) is 33.0 Å². The molecular weight excluding hydrogens is 330 g/mol. The lowest BCUT2D eigenvalue weighted by atomic mass is 10.1. The van der Waals surface area contributed by atoms with E-state index in [4.69, 9.17) is 0 Å². The van der Waals surface area contributed by atoms with Gasteiger partial charge in [-0.05, 0) is 27.9 Å². The monoisotopic (exact) mass is 347 g/mol. The molecular formula is C16H18BrN3O. The van der Waals surface area contributed by atoms with Crippen molar-refractivity contribution < 1.29 is 4.79 Å². The largest absolute Gasteiger partial charge is 0.336 e. The number of nitrogens with zero attached hydrogens (tertiary/aromatic N) is 3. The highest BCUT2D eigenvalue weighted by molar-refractivity contribution is 9.10. The van der Waals surface area contributed by atoms with Crippen LogP contribution < -0.4 is 0 Å². The number of hydrogen-bond acceptors (Lipinski definition) is 2. The summed E-state index contributed by atoms with van der Waals surface area (Å²) < 4.78 is 2.86. The molecule has 3 rings (SSSR count). The zero-order chi connectivity index (χ0) is 14.8. The van der Waals surface area contributed by atoms with Gasteiger partial charge in [-0.15, -0.1) is 0 Å². The van der Waals surface area contributed by atoms with Crippen LogP contribution >= 0.6 is 15.9 Å². The molecule has 21 heavy (non-hydrogen) atoms. The van der Waals surface area contributed by atoms with Gasteiger partial charge in [0, 0.05) is 26.4 Å². The zero-order valence-electron chi connectivity index (χ0n) is 12.1. The number of aryl methyl sites for hydroxylation is 1. The van der Waals surface area contributed by atoms with Gasteiger partial charge in [0.05, 0.1) is 17.9 Å². The number of benzene rings is 1. The first-order valence-corrected chi connectivity index (χ1v) is 7.96. The van der Waals surface area contributed by atoms with Crippen molar-refractivity contribution in [3.05, 3.63) is 52.0 Å². The van der Waals surface area contributed by atoms with Gasteiger partial charge in [0.25, 0.3) is 0 Å². The molecule has 0 saturated heterocycles. The fourth-order valence-corrected chi connectivity index (χ4v) is 3.15. The standard InChI is InChI=1S/C16H18BrN3O/c1-19-14-11-20(10-9-13(14)18-16(19)17)15(21)8-7-12-5-3-2-4-6-12/h2-6H,7-11H2,1H3. The summed E-state index contributed by atoms with van der Waals surface area (Å²) in [4.78, 5) is 18.8. The Morgan fingerprint density at radius 1 is 1.33 bits per heavy atom. The predicted octanol–water partition coefficient (Wildman–Crippen LogP) is 2.70. The number of fused-ring (bicyclic) bond motifs is 1. The van der Waals surface area contributed by atoms with Crippen LogP contribution in [-0.4, -0.2) is 26.9 Å². The van der Waals surface area contributed by atoms with Gasteiger partial charge in [-0.1, -0.05) is 30.3 Å². The van der Waals surface area contributed by atoms with Crippen LogP contribution in [0.25, 0.3) is 0 Å². The molecule has 0 spiro atoms. The summed E-state index contributed by atoms with van der Waals surface area (Å²) in [5.74, 6) is 0.224. The fraction of sp³-hybridized carbons (Fsp3) is 0.375. The first kappa shape index (κ1) is 14.3. The lowest BCUT2D eigenvalue weighted by molar-refractivity contribution is -0.132. The third kappa shape index (κ3) is 3.02. The number of halogens is 1. The zero-order valence-corrected chi connectivity index (χ0v) is 13.6. The second kappa shape index (κ2) is 6.02. The maximum Gasteiger partial charge on any atom is 0.223 e. The van der Waals surface area contributed by atoms with Crippen LogP contribution in [-0.2, 0) is 31.2 Å². The number of carbonyl (C=O) groups excluding carboxylic acids is 1. The van der Waals surface area contributed by atoms with Crippen molar-refractivity contribution in [1.29, 1.82) is 0 Å². The molecule has 5 heteroatoms. The highest BCUT2D eigenvalue weighted by Crippen LogP contribution is 2.22. The summed E-state index contributed by atoms with van der Waals surface area (Å²) in [5.41, 5.74) is 3.46. The van der Waals surface area contributed by atoms with Crippen LogP contribution in [0, 0.1) is 0 Å². The van der Waals surface area contributed by atoms with Crippen molar-refractivity contribution in [3.8, 4) is 0 Å². The molecule has 0 radical (unpaired) electrons. The van der Waals surface area contributed by atoms with E-state index in [0.717, 1.165) is 35.5 Å². The molecule has 0 aliphatic carbocycles. The van der Waals surface area contributed by atoms with E-state index < -0.39 is 0 Å². The molecule has 0 unspecified atom stereocenters. The summed E-state index contributed by atoms with van der Waals surface area (Å²) in [7, 11) is 1.98. The summed E-state index contributed by atoms with van der Waals surface area (Å²) in [6.07, 6.45) is 2.21. The van der Waals surface area contributed by atoms with Gasteiger partial charge >= 0.3 is 0 Å². The van der Waals surface area contributed by atoms with Crippen molar-refractivity contribution in [2.45, 2.75) is 25.8 Å². The molecule has 1 aliphatic rings. The first-order chi connectivity index (χ1) is 10.1. The molecule has 1 aromatic heterocycles. The minimum absolute atomic E-state index is 0.224. The summed E-state index contributed by atoms with van der Waals surface area (Å²) in [6.45, 7) is 1.43. The smallest absolute Gasteiger partial charge is 0.223 e. The van der Waals surface area contributed by atoms with E-state index >= 15 is 0 Å². The molecule has 1 aliphatic heterocycles. The molecule has 0 fully saturated rings. The van der Waals surface area contributed by atoms with Crippen molar-refractivity contribution in [1.82, 2.24) is 14.5 Å². The van der Waals surface area contributed by atoms with E-state index in [-0.39, 0.29) is 5.91 Å². The first-order valence-electron chi connectivity index (χ1n) is 7.17. The third-order valence-corrected chi connectivity index (χ3v) is 4.73. The van der Waals surface area contributed by atoms with Gasteiger partial charge in [0.1, 0.15) is 0 Å². The van der Waals surface area contributed by atoms with Crippen LogP contribution in [0.3, 0.4) is 0 Å². The highest BCUT2D eigenvalue weighted by atomic mass is 79.9. The molecule has 2 heterocycles. The number of imidazole rings is 1. The molecule has 0 bridgehead atoms. The van der Waals surface area contributed by atoms with E-state index in [1.165, 1.54) is 5.56 Å². The van der Waals surface area contributed by atoms with E-state index in [1.807, 2.05) is 34.7 Å². The lowest BCUT2D eigenvalue weighted by Gasteiger charge is -2.27. The van der Waals surface area contributed by atoms with Gasteiger partial charge in [-0.25, -0.2) is 4.98 Å². The third-order valence-electron chi connectivity index (χ3n) is 4.02. The van der Waals surface area contributed by atoms with Crippen molar-refractivity contribution >= 4 is 21.8 Å². The Balaban J connectivity index is 1.63. The summed E-state index contributed by atoms with van der Waals surface area (Å²) in [5, 5.41) is 0. The Morgan fingerprint density at radius 2 is 2.10 bits per heavy atom. The Bertz CT molecular complexity index is 651. The summed E-state index contributed by atoms with van der Waals surface area (Å²) in [6, 6.07) is 10.2. The minimum atomic E-state index is 0.224. The average molecular weight is 348 g/mol. The predicted molar refractivity (Wildman–Crippen MR) is 84.8 cm³/mol. The Hall–Kier alpha value is -1.62. The maximum absolute atomic E-state index is 12.4. The second-order valence-electron chi connectivity index (χ2n) is 5.38. The minimum Gasteiger partial charge on any atom is -0.336 e. The SMILES string of the molecule is Cn1c(Br)nc2c1CN(C(=O)CCc1ccccc1)CC2. The van der Waals surface area contributed by atoms with Crippen LogP contribution in [0.4, 0.5) is 0 Å². The van der Waals surface area contributed by atoms with E-state index in [0.29, 0.717) is 13.0 Å². The normalized spacial score (nSPS) is 14.1. The quantitative estimate of drug-likeness (QED) is 0.856. The van der Waals surface area contributed by atoms with Crippen LogP contribution in [0.15, 0.2) is 35.1 Å². The van der Waals surface area contributed by atoms with Gasteiger partial charge in [-0.2, -0.15) is 0 Å². The van der Waals surface area contributed by atoms with Crippen LogP contribution in [0.5, 0.6) is 0 Å². The molecule has 1 amide bonds. The number of hydrogen-bond donors (Lipinski definition) is 0. The van der Waals surface area contributed by atoms with Crippen LogP contribution in [0.1, 0.15) is 23.4 Å². The van der Waals surface area contributed by atoms with Crippen LogP contribution in [0.2, 0.25) is 0 Å². The van der Waals surface area contributed by atoms with E-state index in [1.54, 1.807) is 0 Å². The lowest BCUT2D eigenvalue weighted by Crippen LogP contribution is -2.36. The highest BCUT2D eigenvalue weighted by Gasteiger charge is 2.24. The number of amides is 1. The topological polar surface area (TPSA) is 38.1 Å². The molecule has 110 valence electrons. The van der Waals surface area contributed by atoms with Gasteiger partial charge in [0.15, 0.2) is 4.73 Å². The van der Waals surface area contributed by atoms with Crippen molar-refractivity contribution in [3.63, 3.8) is 0 Å². The van der Waals surface area contributed by atoms with E-state index in [9.17, 15) is 4.79 Å². The number of aromatic nitrogens is 2. The number of carbonyl (C=O) groups is 1. The molecule has 2 aromatic rings. The molecule has 0 atom stereocenters. The number of rotatable bonds is 3. The Labute approximate surface area is 132 Å². The van der Waals surface area contributed by atoms with Gasteiger partial charge < -0.3 is 9.47 Å². The Morgan fingerprint density at radius 3 is 2.86 bits per heavy atom. The van der Waals surface area contributed by atoms with Crippen molar-refractivity contribution in [2.75, 3.05) is 6.54 Å². The maximum atomic E-state index is 12.4. The molecule has 0 N–H and O–H groups in total. The summed E-state index contributed by atoms with van der Waals surface area (Å²) >= 11 is 3.44. The van der Waals surface area contributed by atoms with Crippen molar-refractivity contribution in [2.24, 2.45) is 7.05 Å². The molecule has 1 aromatic carbocycles. The second-order valence-corrected chi connectivity index (χ2v) is 6.09.